The molecule has 0 saturated carbocycles. The van der Waals surface area contributed by atoms with E-state index in [0.717, 1.165) is 25.7 Å². The topological polar surface area (TPSA) is 77.8 Å². The summed E-state index contributed by atoms with van der Waals surface area (Å²) in [5.74, 6) is -1.37. The Morgan fingerprint density at radius 1 is 1.06 bits per heavy atom. The van der Waals surface area contributed by atoms with E-state index < -0.39 is 18.2 Å². The van der Waals surface area contributed by atoms with Gasteiger partial charge in [0.25, 0.3) is 0 Å². The lowest BCUT2D eigenvalue weighted by molar-refractivity contribution is -0.153. The summed E-state index contributed by atoms with van der Waals surface area (Å²) in [5, 5.41) is 26.9. The predicted octanol–water partition coefficient (Wildman–Crippen LogP) is 1.60. The number of hydrogen-bond donors (Lipinski definition) is 3. The molecule has 2 atom stereocenters. The average molecular weight is 252 g/mol. The summed E-state index contributed by atoms with van der Waals surface area (Å²) in [6, 6.07) is 10.1. The van der Waals surface area contributed by atoms with Crippen molar-refractivity contribution in [1.82, 2.24) is 0 Å². The SMILES string of the molecule is O=C(O)C(O)C(O)CCCCCc1ccccc1. The van der Waals surface area contributed by atoms with E-state index in [-0.39, 0.29) is 0 Å². The molecule has 0 aliphatic carbocycles. The lowest BCUT2D eigenvalue weighted by Gasteiger charge is -2.13. The van der Waals surface area contributed by atoms with Gasteiger partial charge in [-0.1, -0.05) is 43.2 Å². The van der Waals surface area contributed by atoms with E-state index in [2.05, 4.69) is 12.1 Å². The first-order valence-corrected chi connectivity index (χ1v) is 6.24. The number of unbranched alkanes of at least 4 members (excludes halogenated alkanes) is 2. The quantitative estimate of drug-likeness (QED) is 0.614. The Kier molecular flexibility index (Phi) is 6.39. The van der Waals surface area contributed by atoms with Crippen molar-refractivity contribution in [2.75, 3.05) is 0 Å². The number of aliphatic hydroxyl groups excluding tert-OH is 2. The van der Waals surface area contributed by atoms with Gasteiger partial charge in [0, 0.05) is 0 Å². The van der Waals surface area contributed by atoms with Crippen LogP contribution in [0.5, 0.6) is 0 Å². The summed E-state index contributed by atoms with van der Waals surface area (Å²) in [4.78, 5) is 10.4. The van der Waals surface area contributed by atoms with Gasteiger partial charge < -0.3 is 15.3 Å². The predicted molar refractivity (Wildman–Crippen MR) is 68.3 cm³/mol. The number of hydrogen-bond acceptors (Lipinski definition) is 3. The van der Waals surface area contributed by atoms with E-state index >= 15 is 0 Å². The minimum Gasteiger partial charge on any atom is -0.479 e. The fraction of sp³-hybridized carbons (Fsp3) is 0.500. The van der Waals surface area contributed by atoms with Crippen LogP contribution in [0.15, 0.2) is 30.3 Å². The standard InChI is InChI=1S/C14H20O4/c15-12(13(16)14(17)18)10-6-2-5-9-11-7-3-1-4-8-11/h1,3-4,7-8,12-13,15-16H,2,5-6,9-10H2,(H,17,18). The van der Waals surface area contributed by atoms with Crippen LogP contribution in [0.2, 0.25) is 0 Å². The van der Waals surface area contributed by atoms with Gasteiger partial charge in [-0.25, -0.2) is 4.79 Å². The Bertz CT molecular complexity index is 350. The zero-order chi connectivity index (χ0) is 13.4. The molecule has 1 rings (SSSR count). The monoisotopic (exact) mass is 252 g/mol. The highest BCUT2D eigenvalue weighted by Crippen LogP contribution is 2.10. The van der Waals surface area contributed by atoms with Gasteiger partial charge in [-0.05, 0) is 24.8 Å². The largest absolute Gasteiger partial charge is 0.479 e. The van der Waals surface area contributed by atoms with E-state index in [1.807, 2.05) is 18.2 Å². The Morgan fingerprint density at radius 3 is 2.33 bits per heavy atom. The van der Waals surface area contributed by atoms with Gasteiger partial charge >= 0.3 is 5.97 Å². The Morgan fingerprint density at radius 2 is 1.72 bits per heavy atom. The molecule has 100 valence electrons. The van der Waals surface area contributed by atoms with Crippen molar-refractivity contribution in [1.29, 1.82) is 0 Å². The third-order valence-corrected chi connectivity index (χ3v) is 2.93. The summed E-state index contributed by atoms with van der Waals surface area (Å²) in [5.41, 5.74) is 1.28. The van der Waals surface area contributed by atoms with E-state index in [9.17, 15) is 9.90 Å². The molecule has 4 nitrogen and oxygen atoms in total. The van der Waals surface area contributed by atoms with E-state index in [1.54, 1.807) is 0 Å². The third kappa shape index (κ3) is 5.29. The van der Waals surface area contributed by atoms with E-state index in [1.165, 1.54) is 5.56 Å². The van der Waals surface area contributed by atoms with E-state index in [4.69, 9.17) is 10.2 Å². The van der Waals surface area contributed by atoms with Gasteiger partial charge in [0.15, 0.2) is 6.10 Å². The van der Waals surface area contributed by atoms with Gasteiger partial charge in [-0.15, -0.1) is 0 Å². The number of carboxylic acid groups (broad SMARTS) is 1. The van der Waals surface area contributed by atoms with Crippen LogP contribution in [-0.2, 0) is 11.2 Å². The van der Waals surface area contributed by atoms with Gasteiger partial charge in [-0.3, -0.25) is 0 Å². The van der Waals surface area contributed by atoms with Crippen molar-refractivity contribution in [3.63, 3.8) is 0 Å². The maximum absolute atomic E-state index is 10.4. The molecule has 0 fully saturated rings. The molecular weight excluding hydrogens is 232 g/mol. The van der Waals surface area contributed by atoms with Gasteiger partial charge in [0.2, 0.25) is 0 Å². The molecule has 0 saturated heterocycles. The molecule has 3 N–H and O–H groups in total. The highest BCUT2D eigenvalue weighted by atomic mass is 16.4. The zero-order valence-corrected chi connectivity index (χ0v) is 10.3. The first-order valence-electron chi connectivity index (χ1n) is 6.24. The molecule has 0 heterocycles. The molecule has 0 aliphatic heterocycles. The van der Waals surface area contributed by atoms with Gasteiger partial charge in [0.1, 0.15) is 0 Å². The molecule has 1 aromatic rings. The number of aliphatic carboxylic acids is 1. The van der Waals surface area contributed by atoms with Crippen LogP contribution in [-0.4, -0.2) is 33.5 Å². The number of carbonyl (C=O) groups is 1. The van der Waals surface area contributed by atoms with Gasteiger partial charge in [-0.2, -0.15) is 0 Å². The molecule has 1 aromatic carbocycles. The Labute approximate surface area is 107 Å². The number of carboxylic acids is 1. The van der Waals surface area contributed by atoms with Crippen LogP contribution < -0.4 is 0 Å². The molecule has 0 bridgehead atoms. The maximum atomic E-state index is 10.4. The van der Waals surface area contributed by atoms with Crippen molar-refractivity contribution in [2.45, 2.75) is 44.3 Å². The van der Waals surface area contributed by atoms with Gasteiger partial charge in [0.05, 0.1) is 6.10 Å². The molecule has 4 heteroatoms. The second-order valence-corrected chi connectivity index (χ2v) is 4.44. The molecule has 0 spiro atoms. The van der Waals surface area contributed by atoms with Crippen molar-refractivity contribution >= 4 is 5.97 Å². The molecule has 18 heavy (non-hydrogen) atoms. The van der Waals surface area contributed by atoms with Crippen LogP contribution in [0.4, 0.5) is 0 Å². The number of rotatable bonds is 8. The number of aliphatic hydroxyl groups is 2. The Balaban J connectivity index is 2.10. The van der Waals surface area contributed by atoms with E-state index in [0.29, 0.717) is 6.42 Å². The van der Waals surface area contributed by atoms with Crippen LogP contribution in [0.3, 0.4) is 0 Å². The van der Waals surface area contributed by atoms with Crippen molar-refractivity contribution in [3.8, 4) is 0 Å². The summed E-state index contributed by atoms with van der Waals surface area (Å²) >= 11 is 0. The first kappa shape index (κ1) is 14.7. The maximum Gasteiger partial charge on any atom is 0.335 e. The molecule has 0 aliphatic rings. The Hall–Kier alpha value is -1.39. The van der Waals surface area contributed by atoms with Crippen LogP contribution >= 0.6 is 0 Å². The van der Waals surface area contributed by atoms with Crippen LogP contribution in [0.25, 0.3) is 0 Å². The average Bonchev–Trinajstić information content (AvgIpc) is 2.38. The second-order valence-electron chi connectivity index (χ2n) is 4.44. The third-order valence-electron chi connectivity index (χ3n) is 2.93. The zero-order valence-electron chi connectivity index (χ0n) is 10.3. The van der Waals surface area contributed by atoms with Crippen molar-refractivity contribution < 1.29 is 20.1 Å². The molecule has 0 radical (unpaired) electrons. The number of benzene rings is 1. The first-order chi connectivity index (χ1) is 8.61. The highest BCUT2D eigenvalue weighted by molar-refractivity contribution is 5.72. The highest BCUT2D eigenvalue weighted by Gasteiger charge is 2.22. The summed E-state index contributed by atoms with van der Waals surface area (Å²) < 4.78 is 0. The van der Waals surface area contributed by atoms with Crippen LogP contribution in [0.1, 0.15) is 31.2 Å². The smallest absolute Gasteiger partial charge is 0.335 e. The summed E-state index contributed by atoms with van der Waals surface area (Å²) in [6.45, 7) is 0. The molecule has 0 amide bonds. The fourth-order valence-corrected chi connectivity index (χ4v) is 1.83. The number of aryl methyl sites for hydroxylation is 1. The summed E-state index contributed by atoms with van der Waals surface area (Å²) in [6.07, 6.45) is 1.11. The lowest BCUT2D eigenvalue weighted by Crippen LogP contribution is -2.33. The summed E-state index contributed by atoms with van der Waals surface area (Å²) in [7, 11) is 0. The minimum atomic E-state index is -1.67. The minimum absolute atomic E-state index is 0.322. The normalized spacial score (nSPS) is 14.1. The van der Waals surface area contributed by atoms with Crippen molar-refractivity contribution in [3.05, 3.63) is 35.9 Å². The lowest BCUT2D eigenvalue weighted by atomic mass is 10.0. The molecular formula is C14H20O4. The molecule has 0 aromatic heterocycles. The second kappa shape index (κ2) is 7.84. The van der Waals surface area contributed by atoms with Crippen LogP contribution in [0, 0.1) is 0 Å². The molecule has 2 unspecified atom stereocenters. The van der Waals surface area contributed by atoms with Crippen molar-refractivity contribution in [2.24, 2.45) is 0 Å². The fourth-order valence-electron chi connectivity index (χ4n) is 1.83.